The number of aromatic nitrogens is 1. The topological polar surface area (TPSA) is 42.8 Å². The van der Waals surface area contributed by atoms with Crippen LogP contribution >= 0.6 is 0 Å². The second kappa shape index (κ2) is 9.65. The quantitative estimate of drug-likeness (QED) is 0.714. The van der Waals surface area contributed by atoms with Crippen LogP contribution in [0.15, 0.2) is 42.6 Å². The fourth-order valence-electron chi connectivity index (χ4n) is 6.12. The molecule has 0 aliphatic carbocycles. The summed E-state index contributed by atoms with van der Waals surface area (Å²) < 4.78 is 14.0. The molecule has 5 nitrogen and oxygen atoms in total. The van der Waals surface area contributed by atoms with Crippen LogP contribution in [0.25, 0.3) is 0 Å². The Balaban J connectivity index is 1.45. The summed E-state index contributed by atoms with van der Waals surface area (Å²) in [4.78, 5) is 12.3. The number of piperidine rings is 2. The SMILES string of the molecule is OCCC[C@H]1C[C@H]2[C@@H](CCCN2c2cccc(F)c2)N1c1cc(N2CCCCC2)ccn1. The molecule has 0 unspecified atom stereocenters. The van der Waals surface area contributed by atoms with Crippen LogP contribution in [0.4, 0.5) is 21.6 Å². The van der Waals surface area contributed by atoms with E-state index in [1.807, 2.05) is 18.3 Å². The van der Waals surface area contributed by atoms with Crippen molar-refractivity contribution in [1.82, 2.24) is 4.98 Å². The largest absolute Gasteiger partial charge is 0.396 e. The first-order chi connectivity index (χ1) is 15.7. The predicted molar refractivity (Wildman–Crippen MR) is 128 cm³/mol. The lowest BCUT2D eigenvalue weighted by Gasteiger charge is -2.42. The molecule has 6 heteroatoms. The molecule has 1 N–H and O–H groups in total. The van der Waals surface area contributed by atoms with Gasteiger partial charge in [0.1, 0.15) is 11.6 Å². The van der Waals surface area contributed by atoms with Gasteiger partial charge in [-0.15, -0.1) is 0 Å². The highest BCUT2D eigenvalue weighted by Crippen LogP contribution is 2.41. The number of fused-ring (bicyclic) bond motifs is 1. The van der Waals surface area contributed by atoms with Gasteiger partial charge >= 0.3 is 0 Å². The van der Waals surface area contributed by atoms with Gasteiger partial charge in [-0.05, 0) is 75.6 Å². The number of anilines is 3. The monoisotopic (exact) mass is 438 g/mol. The zero-order valence-electron chi connectivity index (χ0n) is 18.9. The number of aliphatic hydroxyl groups is 1. The molecule has 0 spiro atoms. The summed E-state index contributed by atoms with van der Waals surface area (Å²) in [5.74, 6) is 0.886. The van der Waals surface area contributed by atoms with Crippen molar-refractivity contribution in [2.45, 2.75) is 69.5 Å². The van der Waals surface area contributed by atoms with E-state index in [1.54, 1.807) is 6.07 Å². The number of nitrogens with zero attached hydrogens (tertiary/aromatic N) is 4. The van der Waals surface area contributed by atoms with Crippen LogP contribution in [0.5, 0.6) is 0 Å². The molecule has 3 aliphatic rings. The molecule has 3 fully saturated rings. The lowest BCUT2D eigenvalue weighted by Crippen LogP contribution is -2.50. The first-order valence-corrected chi connectivity index (χ1v) is 12.4. The fraction of sp³-hybridized carbons (Fsp3) is 0.577. The fourth-order valence-corrected chi connectivity index (χ4v) is 6.12. The normalized spacial score (nSPS) is 25.8. The molecule has 2 aromatic rings. The molecule has 172 valence electrons. The van der Waals surface area contributed by atoms with Crippen molar-refractivity contribution in [3.8, 4) is 0 Å². The minimum absolute atomic E-state index is 0.174. The van der Waals surface area contributed by atoms with Crippen LogP contribution in [0.3, 0.4) is 0 Å². The Morgan fingerprint density at radius 3 is 2.66 bits per heavy atom. The van der Waals surface area contributed by atoms with Gasteiger partial charge in [0.25, 0.3) is 0 Å². The molecule has 3 atom stereocenters. The van der Waals surface area contributed by atoms with Crippen LogP contribution in [0, 0.1) is 5.82 Å². The van der Waals surface area contributed by atoms with Crippen molar-refractivity contribution in [2.75, 3.05) is 40.9 Å². The number of benzene rings is 1. The molecule has 3 saturated heterocycles. The maximum Gasteiger partial charge on any atom is 0.131 e. The average molecular weight is 439 g/mol. The first kappa shape index (κ1) is 21.5. The maximum absolute atomic E-state index is 14.0. The summed E-state index contributed by atoms with van der Waals surface area (Å²) in [6, 6.07) is 12.5. The smallest absolute Gasteiger partial charge is 0.131 e. The summed E-state index contributed by atoms with van der Waals surface area (Å²) in [7, 11) is 0. The van der Waals surface area contributed by atoms with E-state index in [0.29, 0.717) is 18.1 Å². The van der Waals surface area contributed by atoms with E-state index < -0.39 is 0 Å². The number of halogens is 1. The Morgan fingerprint density at radius 2 is 1.84 bits per heavy atom. The lowest BCUT2D eigenvalue weighted by molar-refractivity contribution is 0.279. The number of rotatable bonds is 6. The highest BCUT2D eigenvalue weighted by molar-refractivity contribution is 5.59. The van der Waals surface area contributed by atoms with Gasteiger partial charge in [0.2, 0.25) is 0 Å². The van der Waals surface area contributed by atoms with E-state index in [-0.39, 0.29) is 12.4 Å². The molecule has 5 rings (SSSR count). The molecular formula is C26H35FN4O. The number of pyridine rings is 1. The van der Waals surface area contributed by atoms with E-state index >= 15 is 0 Å². The number of hydrogen-bond donors (Lipinski definition) is 1. The molecule has 0 saturated carbocycles. The Hall–Kier alpha value is -2.34. The number of aliphatic hydroxyl groups excluding tert-OH is 1. The Bertz CT molecular complexity index is 903. The van der Waals surface area contributed by atoms with Crippen molar-refractivity contribution < 1.29 is 9.50 Å². The second-order valence-electron chi connectivity index (χ2n) is 9.53. The highest BCUT2D eigenvalue weighted by Gasteiger charge is 2.46. The van der Waals surface area contributed by atoms with E-state index in [2.05, 4.69) is 26.8 Å². The molecule has 0 amide bonds. The highest BCUT2D eigenvalue weighted by atomic mass is 19.1. The van der Waals surface area contributed by atoms with E-state index in [1.165, 1.54) is 31.0 Å². The summed E-state index contributed by atoms with van der Waals surface area (Å²) in [5, 5.41) is 9.52. The summed E-state index contributed by atoms with van der Waals surface area (Å²) in [6.45, 7) is 3.43. The summed E-state index contributed by atoms with van der Waals surface area (Å²) >= 11 is 0. The van der Waals surface area contributed by atoms with Crippen molar-refractivity contribution in [3.05, 3.63) is 48.4 Å². The van der Waals surface area contributed by atoms with Crippen LogP contribution in [0.1, 0.15) is 51.4 Å². The zero-order chi connectivity index (χ0) is 21.9. The Kier molecular flexibility index (Phi) is 6.49. The van der Waals surface area contributed by atoms with Gasteiger partial charge in [0, 0.05) is 55.9 Å². The third-order valence-electron chi connectivity index (χ3n) is 7.56. The van der Waals surface area contributed by atoms with Crippen molar-refractivity contribution in [2.24, 2.45) is 0 Å². The van der Waals surface area contributed by atoms with Gasteiger partial charge in [0.15, 0.2) is 0 Å². The predicted octanol–water partition coefficient (Wildman–Crippen LogP) is 4.60. The van der Waals surface area contributed by atoms with Gasteiger partial charge < -0.3 is 19.8 Å². The van der Waals surface area contributed by atoms with Gasteiger partial charge in [-0.25, -0.2) is 9.37 Å². The third kappa shape index (κ3) is 4.29. The van der Waals surface area contributed by atoms with Gasteiger partial charge in [0.05, 0.1) is 12.1 Å². The summed E-state index contributed by atoms with van der Waals surface area (Å²) in [6.07, 6.45) is 10.8. The van der Waals surface area contributed by atoms with E-state index in [0.717, 1.165) is 63.2 Å². The van der Waals surface area contributed by atoms with Crippen LogP contribution in [-0.2, 0) is 0 Å². The van der Waals surface area contributed by atoms with E-state index in [4.69, 9.17) is 4.98 Å². The molecule has 32 heavy (non-hydrogen) atoms. The summed E-state index contributed by atoms with van der Waals surface area (Å²) in [5.41, 5.74) is 2.26. The number of hydrogen-bond acceptors (Lipinski definition) is 5. The molecular weight excluding hydrogens is 403 g/mol. The average Bonchev–Trinajstić information content (AvgIpc) is 3.22. The maximum atomic E-state index is 14.0. The second-order valence-corrected chi connectivity index (χ2v) is 9.53. The van der Waals surface area contributed by atoms with Gasteiger partial charge in [-0.3, -0.25) is 0 Å². The standard InChI is InChI=1S/C26H35FN4O/c27-20-7-4-8-22(17-20)30-15-5-10-24-25(30)18-23(9-6-16-32)31(24)26-19-21(11-12-28-26)29-13-2-1-3-14-29/h4,7-8,11-12,17,19,23-25,32H,1-3,5-6,9-10,13-16,18H2/t23-,24+,25-/m0/s1. The minimum atomic E-state index is -0.174. The van der Waals surface area contributed by atoms with Crippen LogP contribution < -0.4 is 14.7 Å². The first-order valence-electron chi connectivity index (χ1n) is 12.4. The van der Waals surface area contributed by atoms with E-state index in [9.17, 15) is 9.50 Å². The molecule has 3 aliphatic heterocycles. The molecule has 1 aromatic carbocycles. The molecule has 0 radical (unpaired) electrons. The minimum Gasteiger partial charge on any atom is -0.396 e. The molecule has 0 bridgehead atoms. The zero-order valence-corrected chi connectivity index (χ0v) is 18.9. The van der Waals surface area contributed by atoms with Crippen molar-refractivity contribution >= 4 is 17.2 Å². The van der Waals surface area contributed by atoms with Gasteiger partial charge in [-0.2, -0.15) is 0 Å². The lowest BCUT2D eigenvalue weighted by atomic mass is 9.95. The van der Waals surface area contributed by atoms with Crippen molar-refractivity contribution in [1.29, 1.82) is 0 Å². The Labute approximate surface area is 190 Å². The molecule has 1 aromatic heterocycles. The van der Waals surface area contributed by atoms with Crippen LogP contribution in [-0.4, -0.2) is 54.5 Å². The van der Waals surface area contributed by atoms with Crippen molar-refractivity contribution in [3.63, 3.8) is 0 Å². The van der Waals surface area contributed by atoms with Gasteiger partial charge in [-0.1, -0.05) is 6.07 Å². The van der Waals surface area contributed by atoms with Crippen LogP contribution in [0.2, 0.25) is 0 Å². The third-order valence-corrected chi connectivity index (χ3v) is 7.56. The Morgan fingerprint density at radius 1 is 0.969 bits per heavy atom. The molecule has 4 heterocycles.